The van der Waals surface area contributed by atoms with Gasteiger partial charge >= 0.3 is 0 Å². The zero-order valence-electron chi connectivity index (χ0n) is 25.0. The molecular weight excluding hydrogens is 464 g/mol. The molecule has 0 bridgehead atoms. The second-order valence-corrected chi connectivity index (χ2v) is 11.3. The number of hydrogen-bond donors (Lipinski definition) is 1. The molecule has 0 aliphatic rings. The van der Waals surface area contributed by atoms with Crippen molar-refractivity contribution in [3.05, 3.63) is 24.3 Å². The maximum absolute atomic E-state index is 12.2. The van der Waals surface area contributed by atoms with E-state index in [0.717, 1.165) is 42.8 Å². The fraction of sp³-hybridized carbons (Fsp3) is 0.844. The van der Waals surface area contributed by atoms with E-state index in [1.807, 2.05) is 0 Å². The predicted octanol–water partition coefficient (Wildman–Crippen LogP) is 5.99. The Balaban J connectivity index is 0. The summed E-state index contributed by atoms with van der Waals surface area (Å²) in [6, 6.07) is 0. The molecule has 214 valence electrons. The van der Waals surface area contributed by atoms with Crippen LogP contribution in [0.3, 0.4) is 0 Å². The lowest BCUT2D eigenvalue weighted by Gasteiger charge is -2.34. The number of rotatable bonds is 25. The van der Waals surface area contributed by atoms with Gasteiger partial charge in [-0.1, -0.05) is 96.4 Å². The molecule has 0 saturated heterocycles. The Morgan fingerprint density at radius 3 is 1.97 bits per heavy atom. The normalized spacial score (nSPS) is 12.8. The van der Waals surface area contributed by atoms with Gasteiger partial charge in [-0.25, -0.2) is 0 Å². The summed E-state index contributed by atoms with van der Waals surface area (Å²) in [4.78, 5) is 12.2. The largest absolute Gasteiger partial charge is 1.00 e. The first-order valence-electron chi connectivity index (χ1n) is 15.3. The van der Waals surface area contributed by atoms with Crippen LogP contribution < -0.4 is 17.7 Å². The Morgan fingerprint density at radius 2 is 1.33 bits per heavy atom. The van der Waals surface area contributed by atoms with Gasteiger partial charge in [-0.15, -0.1) is 0 Å². The number of unbranched alkanes of at least 4 members (excludes halogenated alkanes) is 9. The first kappa shape index (κ1) is 37.4. The van der Waals surface area contributed by atoms with Crippen LogP contribution in [0.25, 0.3) is 0 Å². The lowest BCUT2D eigenvalue weighted by Crippen LogP contribution is -3.00. The van der Waals surface area contributed by atoms with Gasteiger partial charge in [-0.05, 0) is 51.4 Å². The van der Waals surface area contributed by atoms with E-state index in [1.165, 1.54) is 96.4 Å². The summed E-state index contributed by atoms with van der Waals surface area (Å²) in [5, 5.41) is 3.15. The van der Waals surface area contributed by atoms with Crippen molar-refractivity contribution >= 4 is 5.91 Å². The summed E-state index contributed by atoms with van der Waals surface area (Å²) >= 11 is 0. The molecule has 0 rings (SSSR count). The van der Waals surface area contributed by atoms with Crippen molar-refractivity contribution in [1.82, 2.24) is 5.32 Å². The Bertz CT molecular complexity index is 530. The number of nitrogens with one attached hydrogen (secondary N) is 1. The average Bonchev–Trinajstić information content (AvgIpc) is 2.82. The van der Waals surface area contributed by atoms with Gasteiger partial charge in [-0.3, -0.25) is 4.79 Å². The average molecular weight is 527 g/mol. The molecule has 0 aliphatic heterocycles. The molecule has 4 heteroatoms. The second kappa shape index (κ2) is 27.2. The van der Waals surface area contributed by atoms with E-state index < -0.39 is 0 Å². The van der Waals surface area contributed by atoms with Gasteiger partial charge in [0.05, 0.1) is 27.2 Å². The molecule has 1 unspecified atom stereocenters. The van der Waals surface area contributed by atoms with Crippen LogP contribution in [0.1, 0.15) is 136 Å². The number of carbonyl (C=O) groups excluding carboxylic acids is 1. The van der Waals surface area contributed by atoms with Crippen molar-refractivity contribution in [2.45, 2.75) is 136 Å². The number of nitrogens with zero attached hydrogens (tertiary/aromatic N) is 1. The zero-order valence-corrected chi connectivity index (χ0v) is 25.7. The Labute approximate surface area is 233 Å². The van der Waals surface area contributed by atoms with Crippen LogP contribution in [0, 0.1) is 5.92 Å². The smallest absolute Gasteiger partial charge is 0.219 e. The van der Waals surface area contributed by atoms with E-state index in [0.29, 0.717) is 6.42 Å². The van der Waals surface area contributed by atoms with Gasteiger partial charge < -0.3 is 22.2 Å². The molecule has 1 amide bonds. The van der Waals surface area contributed by atoms with Gasteiger partial charge in [0, 0.05) is 25.3 Å². The maximum atomic E-state index is 12.2. The summed E-state index contributed by atoms with van der Waals surface area (Å²) < 4.78 is 1.08. The molecule has 36 heavy (non-hydrogen) atoms. The fourth-order valence-corrected chi connectivity index (χ4v) is 4.94. The topological polar surface area (TPSA) is 29.1 Å². The first-order chi connectivity index (χ1) is 16.9. The van der Waals surface area contributed by atoms with Gasteiger partial charge in [0.1, 0.15) is 0 Å². The molecule has 0 aromatic carbocycles. The molecule has 1 atom stereocenters. The highest BCUT2D eigenvalue weighted by Gasteiger charge is 2.21. The first-order valence-corrected chi connectivity index (χ1v) is 15.3. The Kier molecular flexibility index (Phi) is 28.3. The van der Waals surface area contributed by atoms with E-state index in [1.54, 1.807) is 0 Å². The van der Waals surface area contributed by atoms with Crippen LogP contribution in [0.5, 0.6) is 0 Å². The SMILES string of the molecule is CCCCC/C=C\C/C=C\CCCCCCCC(=O)NCCC[N+](C)(C)CC(CCC)CCCC.[Cl-]. The van der Waals surface area contributed by atoms with Crippen LogP contribution in [-0.2, 0) is 4.79 Å². The minimum Gasteiger partial charge on any atom is -1.00 e. The van der Waals surface area contributed by atoms with E-state index in [-0.39, 0.29) is 18.3 Å². The van der Waals surface area contributed by atoms with Crippen molar-refractivity contribution in [2.75, 3.05) is 33.7 Å². The molecule has 0 aromatic heterocycles. The minimum atomic E-state index is 0. The van der Waals surface area contributed by atoms with Gasteiger partial charge in [0.15, 0.2) is 0 Å². The second-order valence-electron chi connectivity index (χ2n) is 11.3. The summed E-state index contributed by atoms with van der Waals surface area (Å²) in [5.74, 6) is 1.09. The highest BCUT2D eigenvalue weighted by atomic mass is 35.5. The summed E-state index contributed by atoms with van der Waals surface area (Å²) in [6.45, 7) is 10.1. The molecule has 0 aliphatic carbocycles. The number of carbonyl (C=O) groups is 1. The van der Waals surface area contributed by atoms with E-state index >= 15 is 0 Å². The summed E-state index contributed by atoms with van der Waals surface area (Å²) in [5.41, 5.74) is 0. The van der Waals surface area contributed by atoms with E-state index in [9.17, 15) is 4.79 Å². The van der Waals surface area contributed by atoms with Crippen molar-refractivity contribution in [3.63, 3.8) is 0 Å². The van der Waals surface area contributed by atoms with E-state index in [4.69, 9.17) is 0 Å². The molecule has 0 spiro atoms. The van der Waals surface area contributed by atoms with Gasteiger partial charge in [-0.2, -0.15) is 0 Å². The quantitative estimate of drug-likeness (QED) is 0.0882. The number of allylic oxidation sites excluding steroid dienone is 4. The third-order valence-electron chi connectivity index (χ3n) is 7.03. The van der Waals surface area contributed by atoms with Crippen LogP contribution in [-0.4, -0.2) is 44.1 Å². The number of hydrogen-bond acceptors (Lipinski definition) is 1. The highest BCUT2D eigenvalue weighted by Crippen LogP contribution is 2.19. The third-order valence-corrected chi connectivity index (χ3v) is 7.03. The molecule has 0 aromatic rings. The van der Waals surface area contributed by atoms with Crippen LogP contribution in [0.15, 0.2) is 24.3 Å². The number of amides is 1. The van der Waals surface area contributed by atoms with Crippen molar-refractivity contribution in [3.8, 4) is 0 Å². The zero-order chi connectivity index (χ0) is 26.0. The standard InChI is InChI=1S/C32H62N2O.ClH/c1-6-9-11-12-13-14-15-16-17-18-19-20-21-22-23-27-32(35)33-28-24-29-34(4,5)30-31(25-8-3)26-10-7-2;/h13-14,16-17,31H,6-12,15,18-30H2,1-5H3;1H/b14-13-,17-16-;. The molecule has 3 nitrogen and oxygen atoms in total. The summed E-state index contributed by atoms with van der Waals surface area (Å²) in [7, 11) is 4.72. The molecule has 0 saturated carbocycles. The van der Waals surface area contributed by atoms with Gasteiger partial charge in [0.2, 0.25) is 5.91 Å². The van der Waals surface area contributed by atoms with Gasteiger partial charge in [0.25, 0.3) is 0 Å². The van der Waals surface area contributed by atoms with Crippen LogP contribution >= 0.6 is 0 Å². The van der Waals surface area contributed by atoms with Crippen molar-refractivity contribution in [1.29, 1.82) is 0 Å². The lowest BCUT2D eigenvalue weighted by molar-refractivity contribution is -0.893. The van der Waals surface area contributed by atoms with Crippen molar-refractivity contribution in [2.24, 2.45) is 5.92 Å². The highest BCUT2D eigenvalue weighted by molar-refractivity contribution is 5.75. The molecule has 0 radical (unpaired) electrons. The lowest BCUT2D eigenvalue weighted by atomic mass is 9.96. The third kappa shape index (κ3) is 26.3. The molecule has 1 N–H and O–H groups in total. The molecule has 0 heterocycles. The number of quaternary nitrogens is 1. The van der Waals surface area contributed by atoms with Crippen LogP contribution in [0.2, 0.25) is 0 Å². The monoisotopic (exact) mass is 526 g/mol. The number of halogens is 1. The predicted molar refractivity (Wildman–Crippen MR) is 157 cm³/mol. The summed E-state index contributed by atoms with van der Waals surface area (Å²) in [6.07, 6.45) is 31.2. The van der Waals surface area contributed by atoms with Crippen molar-refractivity contribution < 1.29 is 21.7 Å². The molecule has 0 fully saturated rings. The fourth-order valence-electron chi connectivity index (χ4n) is 4.94. The van der Waals surface area contributed by atoms with Crippen LogP contribution in [0.4, 0.5) is 0 Å². The Morgan fingerprint density at radius 1 is 0.722 bits per heavy atom. The maximum Gasteiger partial charge on any atom is 0.219 e. The Hall–Kier alpha value is -0.800. The molecular formula is C32H63ClN2O. The van der Waals surface area contributed by atoms with E-state index in [2.05, 4.69) is 64.5 Å². The minimum absolute atomic E-state index is 0.